The summed E-state index contributed by atoms with van der Waals surface area (Å²) in [6, 6.07) is 22.7. The van der Waals surface area contributed by atoms with E-state index in [0.717, 1.165) is 22.3 Å². The van der Waals surface area contributed by atoms with Crippen LogP contribution in [0.1, 0.15) is 25.3 Å². The number of rotatable bonds is 4. The Morgan fingerprint density at radius 3 is 2.00 bits per heavy atom. The zero-order valence-corrected chi connectivity index (χ0v) is 16.0. The SMILES string of the molecule is CC(C)c1ccccc1NC(=O)Cn1c2ccccc2c(=O)c2ccccc21. The first kappa shape index (κ1) is 18.0. The fourth-order valence-electron chi connectivity index (χ4n) is 3.69. The van der Waals surface area contributed by atoms with Crippen molar-refractivity contribution in [2.45, 2.75) is 26.3 Å². The van der Waals surface area contributed by atoms with Crippen LogP contribution in [0.25, 0.3) is 21.8 Å². The van der Waals surface area contributed by atoms with Crippen LogP contribution < -0.4 is 10.7 Å². The van der Waals surface area contributed by atoms with E-state index in [2.05, 4.69) is 19.2 Å². The summed E-state index contributed by atoms with van der Waals surface area (Å²) >= 11 is 0. The van der Waals surface area contributed by atoms with Gasteiger partial charge in [0.1, 0.15) is 6.54 Å². The second-order valence-corrected chi connectivity index (χ2v) is 7.24. The Morgan fingerprint density at radius 2 is 1.39 bits per heavy atom. The van der Waals surface area contributed by atoms with E-state index in [4.69, 9.17) is 0 Å². The molecular weight excluding hydrogens is 348 g/mol. The van der Waals surface area contributed by atoms with Crippen molar-refractivity contribution in [2.24, 2.45) is 0 Å². The summed E-state index contributed by atoms with van der Waals surface area (Å²) in [5.74, 6) is 0.192. The number of carbonyl (C=O) groups is 1. The Hall–Kier alpha value is -3.40. The molecule has 28 heavy (non-hydrogen) atoms. The first-order valence-electron chi connectivity index (χ1n) is 9.45. The molecule has 0 bridgehead atoms. The van der Waals surface area contributed by atoms with Crippen molar-refractivity contribution in [3.63, 3.8) is 0 Å². The largest absolute Gasteiger partial charge is 0.331 e. The smallest absolute Gasteiger partial charge is 0.244 e. The summed E-state index contributed by atoms with van der Waals surface area (Å²) in [5, 5.41) is 4.29. The van der Waals surface area contributed by atoms with Crippen molar-refractivity contribution in [1.82, 2.24) is 4.57 Å². The minimum absolute atomic E-state index is 0.00647. The van der Waals surface area contributed by atoms with Crippen molar-refractivity contribution in [3.8, 4) is 0 Å². The second kappa shape index (κ2) is 7.31. The Morgan fingerprint density at radius 1 is 0.857 bits per heavy atom. The van der Waals surface area contributed by atoms with Crippen LogP contribution in [0.5, 0.6) is 0 Å². The van der Waals surface area contributed by atoms with Gasteiger partial charge in [-0.1, -0.05) is 56.3 Å². The van der Waals surface area contributed by atoms with E-state index in [1.807, 2.05) is 77.4 Å². The molecule has 4 nitrogen and oxygen atoms in total. The first-order valence-corrected chi connectivity index (χ1v) is 9.45. The van der Waals surface area contributed by atoms with Crippen LogP contribution in [0.2, 0.25) is 0 Å². The molecule has 0 atom stereocenters. The number of fused-ring (bicyclic) bond motifs is 2. The maximum Gasteiger partial charge on any atom is 0.244 e. The molecule has 0 saturated heterocycles. The average molecular weight is 370 g/mol. The fraction of sp³-hybridized carbons (Fsp3) is 0.167. The van der Waals surface area contributed by atoms with Gasteiger partial charge in [-0.3, -0.25) is 9.59 Å². The molecule has 1 amide bonds. The van der Waals surface area contributed by atoms with Crippen LogP contribution in [0.15, 0.2) is 77.6 Å². The van der Waals surface area contributed by atoms with E-state index in [-0.39, 0.29) is 17.9 Å². The minimum Gasteiger partial charge on any atom is -0.331 e. The van der Waals surface area contributed by atoms with Gasteiger partial charge in [0.05, 0.1) is 11.0 Å². The number of benzene rings is 3. The molecule has 0 fully saturated rings. The third kappa shape index (κ3) is 3.18. The predicted octanol–water partition coefficient (Wildman–Crippen LogP) is 4.92. The van der Waals surface area contributed by atoms with E-state index in [1.165, 1.54) is 0 Å². The molecule has 0 spiro atoms. The number of nitrogens with zero attached hydrogens (tertiary/aromatic N) is 1. The lowest BCUT2D eigenvalue weighted by molar-refractivity contribution is -0.116. The Labute approximate surface area is 163 Å². The zero-order chi connectivity index (χ0) is 19.7. The molecule has 0 unspecified atom stereocenters. The second-order valence-electron chi connectivity index (χ2n) is 7.24. The van der Waals surface area contributed by atoms with E-state index >= 15 is 0 Å². The molecule has 1 heterocycles. The van der Waals surface area contributed by atoms with Crippen LogP contribution in [0, 0.1) is 0 Å². The highest BCUT2D eigenvalue weighted by molar-refractivity contribution is 5.97. The van der Waals surface area contributed by atoms with Gasteiger partial charge in [0.2, 0.25) is 5.91 Å². The van der Waals surface area contributed by atoms with Crippen LogP contribution in [-0.4, -0.2) is 10.5 Å². The predicted molar refractivity (Wildman–Crippen MR) is 115 cm³/mol. The topological polar surface area (TPSA) is 51.1 Å². The van der Waals surface area contributed by atoms with Crippen molar-refractivity contribution >= 4 is 33.4 Å². The number of nitrogens with one attached hydrogen (secondary N) is 1. The highest BCUT2D eigenvalue weighted by Gasteiger charge is 2.14. The van der Waals surface area contributed by atoms with Gasteiger partial charge in [-0.05, 0) is 41.8 Å². The molecule has 140 valence electrons. The minimum atomic E-state index is -0.118. The lowest BCUT2D eigenvalue weighted by Gasteiger charge is -2.17. The van der Waals surface area contributed by atoms with Crippen molar-refractivity contribution in [2.75, 3.05) is 5.32 Å². The van der Waals surface area contributed by atoms with E-state index in [9.17, 15) is 9.59 Å². The highest BCUT2D eigenvalue weighted by Crippen LogP contribution is 2.24. The normalized spacial score (nSPS) is 11.2. The van der Waals surface area contributed by atoms with Gasteiger partial charge in [0.25, 0.3) is 0 Å². The maximum absolute atomic E-state index is 12.9. The summed E-state index contributed by atoms with van der Waals surface area (Å²) in [7, 11) is 0. The van der Waals surface area contributed by atoms with Crippen LogP contribution in [0.3, 0.4) is 0 Å². The molecule has 1 N–H and O–H groups in total. The third-order valence-corrected chi connectivity index (χ3v) is 5.04. The number of anilines is 1. The summed E-state index contributed by atoms with van der Waals surface area (Å²) in [5.41, 5.74) is 3.45. The molecule has 0 aliphatic rings. The van der Waals surface area contributed by atoms with E-state index in [1.54, 1.807) is 0 Å². The van der Waals surface area contributed by atoms with Gasteiger partial charge in [0, 0.05) is 16.5 Å². The first-order chi connectivity index (χ1) is 13.6. The molecule has 4 rings (SSSR count). The van der Waals surface area contributed by atoms with Crippen molar-refractivity contribution in [1.29, 1.82) is 0 Å². The molecule has 0 aliphatic heterocycles. The molecule has 0 saturated carbocycles. The molecule has 0 radical (unpaired) electrons. The van der Waals surface area contributed by atoms with E-state index in [0.29, 0.717) is 16.7 Å². The molecule has 3 aromatic carbocycles. The Bertz CT molecular complexity index is 1180. The van der Waals surface area contributed by atoms with Crippen LogP contribution in [0.4, 0.5) is 5.69 Å². The van der Waals surface area contributed by atoms with Crippen molar-refractivity contribution < 1.29 is 4.79 Å². The fourth-order valence-corrected chi connectivity index (χ4v) is 3.69. The van der Waals surface area contributed by atoms with Crippen molar-refractivity contribution in [3.05, 3.63) is 88.6 Å². The average Bonchev–Trinajstić information content (AvgIpc) is 2.71. The summed E-state index contributed by atoms with van der Waals surface area (Å²) in [4.78, 5) is 25.7. The number of hydrogen-bond donors (Lipinski definition) is 1. The summed E-state index contributed by atoms with van der Waals surface area (Å²) in [6.07, 6.45) is 0. The lowest BCUT2D eigenvalue weighted by Crippen LogP contribution is -2.22. The lowest BCUT2D eigenvalue weighted by atomic mass is 10.0. The van der Waals surface area contributed by atoms with Gasteiger partial charge in [-0.25, -0.2) is 0 Å². The van der Waals surface area contributed by atoms with Gasteiger partial charge >= 0.3 is 0 Å². The molecular formula is C24H22N2O2. The highest BCUT2D eigenvalue weighted by atomic mass is 16.2. The third-order valence-electron chi connectivity index (χ3n) is 5.04. The molecule has 1 aromatic heterocycles. The van der Waals surface area contributed by atoms with Gasteiger partial charge in [0.15, 0.2) is 5.43 Å². The number of pyridine rings is 1. The number of aromatic nitrogens is 1. The van der Waals surface area contributed by atoms with E-state index < -0.39 is 0 Å². The van der Waals surface area contributed by atoms with Crippen LogP contribution >= 0.6 is 0 Å². The number of para-hydroxylation sites is 3. The number of amides is 1. The van der Waals surface area contributed by atoms with Gasteiger partial charge in [-0.2, -0.15) is 0 Å². The summed E-state index contributed by atoms with van der Waals surface area (Å²) in [6.45, 7) is 4.34. The zero-order valence-electron chi connectivity index (χ0n) is 16.0. The maximum atomic E-state index is 12.9. The molecule has 4 heteroatoms. The number of hydrogen-bond acceptors (Lipinski definition) is 2. The van der Waals surface area contributed by atoms with Gasteiger partial charge in [-0.15, -0.1) is 0 Å². The Kier molecular flexibility index (Phi) is 4.70. The monoisotopic (exact) mass is 370 g/mol. The molecule has 0 aliphatic carbocycles. The number of carbonyl (C=O) groups excluding carboxylic acids is 1. The standard InChI is InChI=1S/C24H22N2O2/c1-16(2)17-9-3-6-12-20(17)25-23(27)15-26-21-13-7-4-10-18(21)24(28)19-11-5-8-14-22(19)26/h3-14,16H,15H2,1-2H3,(H,25,27). The Balaban J connectivity index is 1.78. The molecule has 4 aromatic rings. The quantitative estimate of drug-likeness (QED) is 0.519. The van der Waals surface area contributed by atoms with Crippen LogP contribution in [-0.2, 0) is 11.3 Å². The van der Waals surface area contributed by atoms with Gasteiger partial charge < -0.3 is 9.88 Å². The summed E-state index contributed by atoms with van der Waals surface area (Å²) < 4.78 is 1.92.